The first-order chi connectivity index (χ1) is 7.74. The van der Waals surface area contributed by atoms with Gasteiger partial charge in [-0.05, 0) is 39.2 Å². The van der Waals surface area contributed by atoms with Gasteiger partial charge in [0, 0.05) is 31.7 Å². The predicted octanol–water partition coefficient (Wildman–Crippen LogP) is 3.23. The summed E-state index contributed by atoms with van der Waals surface area (Å²) in [5.74, 6) is 0. The first kappa shape index (κ1) is 15.0. The fourth-order valence-corrected chi connectivity index (χ4v) is 2.28. The Bertz CT molecular complexity index is 220. The summed E-state index contributed by atoms with van der Waals surface area (Å²) in [4.78, 5) is 5.24. The van der Waals surface area contributed by atoms with Crippen LogP contribution in [-0.4, -0.2) is 48.1 Å². The zero-order valence-corrected chi connectivity index (χ0v) is 12.8. The zero-order valence-electron chi connectivity index (χ0n) is 12.8. The van der Waals surface area contributed by atoms with Crippen LogP contribution in [0.1, 0.15) is 54.4 Å². The fourth-order valence-electron chi connectivity index (χ4n) is 2.28. The van der Waals surface area contributed by atoms with E-state index in [4.69, 9.17) is 0 Å². The van der Waals surface area contributed by atoms with Gasteiger partial charge in [-0.1, -0.05) is 27.2 Å². The van der Waals surface area contributed by atoms with Crippen molar-refractivity contribution in [3.63, 3.8) is 0 Å². The molecule has 0 radical (unpaired) electrons. The average Bonchev–Trinajstić information content (AvgIpc) is 2.26. The summed E-state index contributed by atoms with van der Waals surface area (Å²) in [7, 11) is 0. The maximum absolute atomic E-state index is 2.64. The molecule has 0 unspecified atom stereocenters. The van der Waals surface area contributed by atoms with E-state index in [0.29, 0.717) is 11.0 Å². The molecule has 1 aliphatic rings. The Morgan fingerprint density at radius 3 is 1.82 bits per heavy atom. The minimum Gasteiger partial charge on any atom is -0.301 e. The van der Waals surface area contributed by atoms with Crippen molar-refractivity contribution in [2.45, 2.75) is 59.9 Å². The second-order valence-corrected chi connectivity index (χ2v) is 7.27. The lowest BCUT2D eigenvalue weighted by molar-refractivity contribution is 0.0567. The van der Waals surface area contributed by atoms with E-state index in [2.05, 4.69) is 51.3 Å². The number of hydrogen-bond acceptors (Lipinski definition) is 2. The third-order valence-electron chi connectivity index (χ3n) is 4.38. The molecule has 1 fully saturated rings. The molecule has 0 spiro atoms. The van der Waals surface area contributed by atoms with Crippen molar-refractivity contribution in [1.82, 2.24) is 9.80 Å². The lowest BCUT2D eigenvalue weighted by atomic mass is 9.86. The quantitative estimate of drug-likeness (QED) is 0.744. The van der Waals surface area contributed by atoms with Crippen LogP contribution in [0.5, 0.6) is 0 Å². The van der Waals surface area contributed by atoms with Gasteiger partial charge in [0.05, 0.1) is 0 Å². The summed E-state index contributed by atoms with van der Waals surface area (Å²) in [5, 5.41) is 0. The van der Waals surface area contributed by atoms with Crippen molar-refractivity contribution in [1.29, 1.82) is 0 Å². The Hall–Kier alpha value is -0.0800. The molecular formula is C15H32N2. The van der Waals surface area contributed by atoms with E-state index >= 15 is 0 Å². The van der Waals surface area contributed by atoms with E-state index < -0.39 is 0 Å². The Morgan fingerprint density at radius 2 is 1.41 bits per heavy atom. The number of piperazine rings is 1. The van der Waals surface area contributed by atoms with Gasteiger partial charge in [0.25, 0.3) is 0 Å². The second-order valence-electron chi connectivity index (χ2n) is 7.27. The van der Waals surface area contributed by atoms with Crippen molar-refractivity contribution in [3.05, 3.63) is 0 Å². The maximum Gasteiger partial charge on any atom is 0.0126 e. The van der Waals surface area contributed by atoms with Crippen LogP contribution >= 0.6 is 0 Å². The molecule has 0 bridgehead atoms. The second kappa shape index (κ2) is 5.71. The summed E-state index contributed by atoms with van der Waals surface area (Å²) in [6.45, 7) is 20.3. The third-order valence-corrected chi connectivity index (χ3v) is 4.38. The predicted molar refractivity (Wildman–Crippen MR) is 76.5 cm³/mol. The molecule has 1 heterocycles. The lowest BCUT2D eigenvalue weighted by Gasteiger charge is -2.42. The Labute approximate surface area is 108 Å². The summed E-state index contributed by atoms with van der Waals surface area (Å²) in [6.07, 6.45) is 2.62. The zero-order chi connectivity index (χ0) is 13.1. The minimum absolute atomic E-state index is 0.342. The maximum atomic E-state index is 2.64. The molecule has 0 aliphatic carbocycles. The normalized spacial score (nSPS) is 20.8. The highest BCUT2D eigenvalue weighted by atomic mass is 15.3. The molecule has 17 heavy (non-hydrogen) atoms. The molecule has 1 saturated heterocycles. The third kappa shape index (κ3) is 4.97. The highest BCUT2D eigenvalue weighted by Gasteiger charge is 2.26. The smallest absolute Gasteiger partial charge is 0.0126 e. The summed E-state index contributed by atoms with van der Waals surface area (Å²) in [6, 6.07) is 0. The van der Waals surface area contributed by atoms with Crippen LogP contribution in [-0.2, 0) is 0 Å². The molecule has 0 aromatic rings. The molecule has 1 rings (SSSR count). The van der Waals surface area contributed by atoms with Crippen LogP contribution in [0.3, 0.4) is 0 Å². The van der Waals surface area contributed by atoms with Gasteiger partial charge in [0.15, 0.2) is 0 Å². The van der Waals surface area contributed by atoms with Gasteiger partial charge in [-0.2, -0.15) is 0 Å². The monoisotopic (exact) mass is 240 g/mol. The highest BCUT2D eigenvalue weighted by Crippen LogP contribution is 2.25. The van der Waals surface area contributed by atoms with Crippen LogP contribution in [0.4, 0.5) is 0 Å². The molecule has 0 amide bonds. The summed E-state index contributed by atoms with van der Waals surface area (Å²) >= 11 is 0. The molecule has 0 N–H and O–H groups in total. The van der Waals surface area contributed by atoms with Crippen LogP contribution < -0.4 is 0 Å². The van der Waals surface area contributed by atoms with Crippen LogP contribution in [0.2, 0.25) is 0 Å². The van der Waals surface area contributed by atoms with Crippen LogP contribution in [0.15, 0.2) is 0 Å². The van der Waals surface area contributed by atoms with E-state index in [1.807, 2.05) is 0 Å². The Morgan fingerprint density at radius 1 is 0.882 bits per heavy atom. The molecule has 2 nitrogen and oxygen atoms in total. The van der Waals surface area contributed by atoms with Crippen LogP contribution in [0.25, 0.3) is 0 Å². The van der Waals surface area contributed by atoms with Gasteiger partial charge in [-0.15, -0.1) is 0 Å². The molecule has 0 atom stereocenters. The number of hydrogen-bond donors (Lipinski definition) is 0. The van der Waals surface area contributed by atoms with E-state index in [1.165, 1.54) is 45.6 Å². The molecule has 0 saturated carbocycles. The molecule has 0 aromatic heterocycles. The SMILES string of the molecule is CCC(C)(C)CCN1CCN(C(C)(C)C)CC1. The first-order valence-corrected chi connectivity index (χ1v) is 7.22. The number of rotatable bonds is 4. The van der Waals surface area contributed by atoms with E-state index in [1.54, 1.807) is 0 Å². The Kier molecular flexibility index (Phi) is 5.03. The van der Waals surface area contributed by atoms with E-state index in [-0.39, 0.29) is 0 Å². The number of nitrogens with zero attached hydrogens (tertiary/aromatic N) is 2. The fraction of sp³-hybridized carbons (Fsp3) is 1.00. The van der Waals surface area contributed by atoms with Gasteiger partial charge in [0.2, 0.25) is 0 Å². The van der Waals surface area contributed by atoms with Crippen molar-refractivity contribution in [3.8, 4) is 0 Å². The topological polar surface area (TPSA) is 6.48 Å². The van der Waals surface area contributed by atoms with Crippen molar-refractivity contribution >= 4 is 0 Å². The summed E-state index contributed by atoms with van der Waals surface area (Å²) < 4.78 is 0. The Balaban J connectivity index is 2.29. The molecule has 102 valence electrons. The van der Waals surface area contributed by atoms with Gasteiger partial charge < -0.3 is 4.90 Å². The molecule has 0 aromatic carbocycles. The molecule has 2 heteroatoms. The van der Waals surface area contributed by atoms with Gasteiger partial charge in [-0.25, -0.2) is 0 Å². The first-order valence-electron chi connectivity index (χ1n) is 7.22. The van der Waals surface area contributed by atoms with Crippen molar-refractivity contribution in [2.24, 2.45) is 5.41 Å². The van der Waals surface area contributed by atoms with E-state index in [9.17, 15) is 0 Å². The van der Waals surface area contributed by atoms with Gasteiger partial charge in [-0.3, -0.25) is 4.90 Å². The highest BCUT2D eigenvalue weighted by molar-refractivity contribution is 4.82. The van der Waals surface area contributed by atoms with Crippen LogP contribution in [0, 0.1) is 5.41 Å². The lowest BCUT2D eigenvalue weighted by Crippen LogP contribution is -2.53. The van der Waals surface area contributed by atoms with E-state index in [0.717, 1.165) is 0 Å². The van der Waals surface area contributed by atoms with Gasteiger partial charge >= 0.3 is 0 Å². The van der Waals surface area contributed by atoms with Crippen molar-refractivity contribution in [2.75, 3.05) is 32.7 Å². The molecular weight excluding hydrogens is 208 g/mol. The standard InChI is InChI=1S/C15H32N2/c1-7-15(5,6)8-9-16-10-12-17(13-11-16)14(2,3)4/h7-13H2,1-6H3. The largest absolute Gasteiger partial charge is 0.301 e. The minimum atomic E-state index is 0.342. The van der Waals surface area contributed by atoms with Crippen molar-refractivity contribution < 1.29 is 0 Å². The molecule has 1 aliphatic heterocycles. The average molecular weight is 240 g/mol. The van der Waals surface area contributed by atoms with Gasteiger partial charge in [0.1, 0.15) is 0 Å². The summed E-state index contributed by atoms with van der Waals surface area (Å²) in [5.41, 5.74) is 0.857.